The van der Waals surface area contributed by atoms with Crippen LogP contribution in [-0.2, 0) is 14.3 Å². The summed E-state index contributed by atoms with van der Waals surface area (Å²) in [5.41, 5.74) is 0. The van der Waals surface area contributed by atoms with Crippen LogP contribution in [0.5, 0.6) is 0 Å². The molecule has 64 valence electrons. The Bertz CT molecular complexity index is 149. The van der Waals surface area contributed by atoms with E-state index in [9.17, 15) is 9.59 Å². The summed E-state index contributed by atoms with van der Waals surface area (Å²) in [5, 5.41) is 2.32. The van der Waals surface area contributed by atoms with Crippen LogP contribution in [0.15, 0.2) is 0 Å². The van der Waals surface area contributed by atoms with Gasteiger partial charge in [0.25, 0.3) is 0 Å². The molecule has 0 aliphatic heterocycles. The van der Waals surface area contributed by atoms with Crippen LogP contribution in [0, 0.1) is 0 Å². The third-order valence-corrected chi connectivity index (χ3v) is 1.02. The highest BCUT2D eigenvalue weighted by Crippen LogP contribution is 1.79. The Morgan fingerprint density at radius 1 is 1.55 bits per heavy atom. The van der Waals surface area contributed by atoms with E-state index in [1.54, 1.807) is 0 Å². The maximum absolute atomic E-state index is 10.6. The molecular formula is C6H11NO3S. The Morgan fingerprint density at radius 2 is 2.18 bits per heavy atom. The fourth-order valence-corrected chi connectivity index (χ4v) is 0.498. The van der Waals surface area contributed by atoms with Gasteiger partial charge in [-0.2, -0.15) is 12.6 Å². The Labute approximate surface area is 70.7 Å². The van der Waals surface area contributed by atoms with Gasteiger partial charge >= 0.3 is 5.97 Å². The van der Waals surface area contributed by atoms with Crippen LogP contribution in [0.4, 0.5) is 0 Å². The van der Waals surface area contributed by atoms with Crippen LogP contribution >= 0.6 is 12.6 Å². The van der Waals surface area contributed by atoms with Gasteiger partial charge < -0.3 is 10.1 Å². The van der Waals surface area contributed by atoms with Crippen LogP contribution in [0.25, 0.3) is 0 Å². The van der Waals surface area contributed by atoms with Crippen molar-refractivity contribution in [2.24, 2.45) is 0 Å². The Kier molecular flexibility index (Phi) is 5.64. The highest BCUT2D eigenvalue weighted by atomic mass is 32.1. The van der Waals surface area contributed by atoms with Crippen molar-refractivity contribution in [3.63, 3.8) is 0 Å². The molecule has 0 atom stereocenters. The fraction of sp³-hybridized carbons (Fsp3) is 0.667. The van der Waals surface area contributed by atoms with E-state index in [1.807, 2.05) is 0 Å². The van der Waals surface area contributed by atoms with E-state index in [2.05, 4.69) is 22.7 Å². The number of nitrogens with one attached hydrogen (secondary N) is 1. The number of thiol groups is 1. The zero-order valence-corrected chi connectivity index (χ0v) is 7.19. The van der Waals surface area contributed by atoms with Gasteiger partial charge in [-0.25, -0.2) is 0 Å². The average Bonchev–Trinajstić information content (AvgIpc) is 1.97. The van der Waals surface area contributed by atoms with Crippen LogP contribution in [0.2, 0.25) is 0 Å². The molecule has 11 heavy (non-hydrogen) atoms. The van der Waals surface area contributed by atoms with Crippen molar-refractivity contribution in [1.29, 1.82) is 0 Å². The molecule has 0 aromatic heterocycles. The molecule has 0 spiro atoms. The Hall–Kier alpha value is -0.710. The van der Waals surface area contributed by atoms with Crippen LogP contribution in [-0.4, -0.2) is 30.8 Å². The van der Waals surface area contributed by atoms with Crippen molar-refractivity contribution < 1.29 is 14.3 Å². The van der Waals surface area contributed by atoms with Gasteiger partial charge in [-0.15, -0.1) is 0 Å². The van der Waals surface area contributed by atoms with Crippen LogP contribution < -0.4 is 5.32 Å². The van der Waals surface area contributed by atoms with E-state index in [0.717, 1.165) is 0 Å². The standard InChI is InChI=1S/C6H11NO3S/c1-5(8)7-4-6(9)10-2-3-11/h11H,2-4H2,1H3,(H,7,8). The Morgan fingerprint density at radius 3 is 2.64 bits per heavy atom. The minimum atomic E-state index is -0.436. The quantitative estimate of drug-likeness (QED) is 0.453. The van der Waals surface area contributed by atoms with Gasteiger partial charge in [0.05, 0.1) is 0 Å². The highest BCUT2D eigenvalue weighted by molar-refractivity contribution is 7.80. The van der Waals surface area contributed by atoms with Crippen molar-refractivity contribution in [1.82, 2.24) is 5.32 Å². The molecule has 0 aliphatic carbocycles. The van der Waals surface area contributed by atoms with Crippen molar-refractivity contribution in [3.05, 3.63) is 0 Å². The summed E-state index contributed by atoms with van der Waals surface area (Å²) in [5.74, 6) is -0.187. The maximum atomic E-state index is 10.6. The largest absolute Gasteiger partial charge is 0.464 e. The van der Waals surface area contributed by atoms with E-state index in [1.165, 1.54) is 6.92 Å². The number of carbonyl (C=O) groups is 2. The zero-order valence-electron chi connectivity index (χ0n) is 6.29. The summed E-state index contributed by atoms with van der Waals surface area (Å²) < 4.78 is 4.61. The first-order chi connectivity index (χ1) is 5.16. The van der Waals surface area contributed by atoms with Gasteiger partial charge in [0, 0.05) is 12.7 Å². The Balaban J connectivity index is 3.30. The van der Waals surface area contributed by atoms with E-state index in [-0.39, 0.29) is 19.1 Å². The summed E-state index contributed by atoms with van der Waals surface area (Å²) in [7, 11) is 0. The molecular weight excluding hydrogens is 166 g/mol. The first-order valence-corrected chi connectivity index (χ1v) is 3.81. The lowest BCUT2D eigenvalue weighted by Gasteiger charge is -2.02. The highest BCUT2D eigenvalue weighted by Gasteiger charge is 2.01. The van der Waals surface area contributed by atoms with Crippen LogP contribution in [0.3, 0.4) is 0 Å². The second-order valence-electron chi connectivity index (χ2n) is 1.85. The molecule has 0 fully saturated rings. The second-order valence-corrected chi connectivity index (χ2v) is 2.30. The fourth-order valence-electron chi connectivity index (χ4n) is 0.407. The summed E-state index contributed by atoms with van der Waals surface area (Å²) in [6.45, 7) is 1.55. The first kappa shape index (κ1) is 10.3. The molecule has 0 heterocycles. The minimum absolute atomic E-state index is 0.0664. The van der Waals surface area contributed by atoms with Crippen molar-refractivity contribution in [2.75, 3.05) is 18.9 Å². The summed E-state index contributed by atoms with van der Waals surface area (Å²) in [6.07, 6.45) is 0. The monoisotopic (exact) mass is 177 g/mol. The lowest BCUT2D eigenvalue weighted by molar-refractivity contribution is -0.143. The maximum Gasteiger partial charge on any atom is 0.325 e. The van der Waals surface area contributed by atoms with E-state index < -0.39 is 5.97 Å². The van der Waals surface area contributed by atoms with E-state index in [4.69, 9.17) is 0 Å². The minimum Gasteiger partial charge on any atom is -0.464 e. The summed E-state index contributed by atoms with van der Waals surface area (Å²) in [6, 6.07) is 0. The first-order valence-electron chi connectivity index (χ1n) is 3.17. The number of ether oxygens (including phenoxy) is 1. The van der Waals surface area contributed by atoms with Crippen molar-refractivity contribution in [2.45, 2.75) is 6.92 Å². The molecule has 0 saturated carbocycles. The zero-order chi connectivity index (χ0) is 8.69. The van der Waals surface area contributed by atoms with Crippen LogP contribution in [0.1, 0.15) is 6.92 Å². The molecule has 0 rings (SSSR count). The van der Waals surface area contributed by atoms with E-state index in [0.29, 0.717) is 5.75 Å². The number of hydrogen-bond donors (Lipinski definition) is 2. The molecule has 0 aliphatic rings. The van der Waals surface area contributed by atoms with Gasteiger partial charge in [0.1, 0.15) is 13.2 Å². The molecule has 0 radical (unpaired) electrons. The third-order valence-electron chi connectivity index (χ3n) is 0.836. The molecule has 0 saturated heterocycles. The number of rotatable bonds is 4. The molecule has 0 aromatic carbocycles. The van der Waals surface area contributed by atoms with Gasteiger partial charge in [-0.1, -0.05) is 0 Å². The van der Waals surface area contributed by atoms with Gasteiger partial charge in [-0.05, 0) is 0 Å². The third kappa shape index (κ3) is 7.18. The molecule has 1 amide bonds. The SMILES string of the molecule is CC(=O)NCC(=O)OCCS. The number of hydrogen-bond acceptors (Lipinski definition) is 4. The normalized spacial score (nSPS) is 8.91. The second kappa shape index (κ2) is 6.03. The van der Waals surface area contributed by atoms with Gasteiger partial charge in [0.15, 0.2) is 0 Å². The number of carbonyl (C=O) groups excluding carboxylic acids is 2. The lowest BCUT2D eigenvalue weighted by Crippen LogP contribution is -2.28. The molecule has 5 heteroatoms. The van der Waals surface area contributed by atoms with Gasteiger partial charge in [0.2, 0.25) is 5.91 Å². The molecule has 0 unspecified atom stereocenters. The summed E-state index contributed by atoms with van der Waals surface area (Å²) >= 11 is 3.84. The smallest absolute Gasteiger partial charge is 0.325 e. The molecule has 0 bridgehead atoms. The van der Waals surface area contributed by atoms with Crippen molar-refractivity contribution in [3.8, 4) is 0 Å². The topological polar surface area (TPSA) is 55.4 Å². The molecule has 1 N–H and O–H groups in total. The average molecular weight is 177 g/mol. The number of amides is 1. The van der Waals surface area contributed by atoms with Gasteiger partial charge in [-0.3, -0.25) is 9.59 Å². The lowest BCUT2D eigenvalue weighted by atomic mass is 10.6. The number of esters is 1. The van der Waals surface area contributed by atoms with Crippen molar-refractivity contribution >= 4 is 24.5 Å². The molecule has 0 aromatic rings. The predicted molar refractivity (Wildman–Crippen MR) is 43.5 cm³/mol. The molecule has 4 nitrogen and oxygen atoms in total. The summed E-state index contributed by atoms with van der Waals surface area (Å²) in [4.78, 5) is 20.9. The van der Waals surface area contributed by atoms with E-state index >= 15 is 0 Å². The predicted octanol–water partition coefficient (Wildman–Crippen LogP) is -0.404.